The summed E-state index contributed by atoms with van der Waals surface area (Å²) in [7, 11) is 0. The summed E-state index contributed by atoms with van der Waals surface area (Å²) in [5, 5.41) is 2.85. The molecule has 3 amide bonds. The molecule has 1 N–H and O–H groups in total. The minimum absolute atomic E-state index is 0.0363. The molecule has 0 spiro atoms. The van der Waals surface area contributed by atoms with Gasteiger partial charge in [0.15, 0.2) is 0 Å². The van der Waals surface area contributed by atoms with E-state index in [1.165, 1.54) is 6.42 Å². The van der Waals surface area contributed by atoms with Crippen molar-refractivity contribution >= 4 is 11.9 Å². The van der Waals surface area contributed by atoms with E-state index in [0.29, 0.717) is 25.5 Å². The lowest BCUT2D eigenvalue weighted by atomic mass is 10.0. The Morgan fingerprint density at radius 2 is 1.94 bits per heavy atom. The fourth-order valence-electron chi connectivity index (χ4n) is 3.98. The zero-order valence-corrected chi connectivity index (χ0v) is 10.5. The van der Waals surface area contributed by atoms with Crippen LogP contribution in [-0.2, 0) is 4.79 Å². The third-order valence-electron chi connectivity index (χ3n) is 5.14. The summed E-state index contributed by atoms with van der Waals surface area (Å²) >= 11 is 0. The second kappa shape index (κ2) is 3.62. The maximum Gasteiger partial charge on any atom is 0.317 e. The molecule has 2 aliphatic heterocycles. The predicted octanol–water partition coefficient (Wildman–Crippen LogP) is 0.269. The molecule has 0 aromatic heterocycles. The first-order chi connectivity index (χ1) is 8.72. The molecule has 5 heteroatoms. The van der Waals surface area contributed by atoms with Gasteiger partial charge in [0.25, 0.3) is 0 Å². The van der Waals surface area contributed by atoms with Crippen molar-refractivity contribution in [1.29, 1.82) is 0 Å². The molecule has 5 nitrogen and oxygen atoms in total. The number of nitrogens with zero attached hydrogens (tertiary/aromatic N) is 2. The summed E-state index contributed by atoms with van der Waals surface area (Å²) < 4.78 is 0. The Labute approximate surface area is 106 Å². The normalized spacial score (nSPS) is 41.4. The van der Waals surface area contributed by atoms with E-state index in [0.717, 1.165) is 31.2 Å². The number of piperazine rings is 1. The van der Waals surface area contributed by atoms with Gasteiger partial charge in [-0.2, -0.15) is 0 Å². The van der Waals surface area contributed by atoms with Crippen molar-refractivity contribution in [2.24, 2.45) is 17.8 Å². The van der Waals surface area contributed by atoms with Crippen LogP contribution < -0.4 is 5.32 Å². The van der Waals surface area contributed by atoms with Gasteiger partial charge in [-0.25, -0.2) is 4.79 Å². The van der Waals surface area contributed by atoms with Gasteiger partial charge in [0.1, 0.15) is 0 Å². The second-order valence-electron chi connectivity index (χ2n) is 6.24. The van der Waals surface area contributed by atoms with Gasteiger partial charge in [0.2, 0.25) is 5.91 Å². The van der Waals surface area contributed by atoms with E-state index in [1.807, 2.05) is 9.80 Å². The number of rotatable bonds is 1. The van der Waals surface area contributed by atoms with Gasteiger partial charge < -0.3 is 15.1 Å². The molecule has 0 aromatic rings. The minimum atomic E-state index is 0.0363. The lowest BCUT2D eigenvalue weighted by Gasteiger charge is -2.37. The maximum atomic E-state index is 12.4. The Kier molecular flexibility index (Phi) is 2.14. The standard InChI is InChI=1S/C13H19N3O2/c17-12(10-4-8-3-9(8)5-10)15-1-2-16-11(7-15)6-14-13(16)18/h8-11H,1-7H2,(H,14,18). The molecule has 0 aromatic carbocycles. The van der Waals surface area contributed by atoms with Crippen LogP contribution in [0.2, 0.25) is 0 Å². The Hall–Kier alpha value is -1.26. The van der Waals surface area contributed by atoms with E-state index in [-0.39, 0.29) is 18.0 Å². The van der Waals surface area contributed by atoms with E-state index >= 15 is 0 Å². The van der Waals surface area contributed by atoms with Crippen LogP contribution >= 0.6 is 0 Å². The topological polar surface area (TPSA) is 52.7 Å². The monoisotopic (exact) mass is 249 g/mol. The summed E-state index contributed by atoms with van der Waals surface area (Å²) in [5.74, 6) is 2.34. The highest BCUT2D eigenvalue weighted by atomic mass is 16.2. The molecule has 2 saturated carbocycles. The third-order valence-corrected chi connectivity index (χ3v) is 5.14. The SMILES string of the molecule is O=C(C1CC2CC2C1)N1CCN2C(=O)NCC2C1. The van der Waals surface area contributed by atoms with Gasteiger partial charge in [0.05, 0.1) is 6.04 Å². The van der Waals surface area contributed by atoms with E-state index in [1.54, 1.807) is 0 Å². The first-order valence-corrected chi connectivity index (χ1v) is 7.05. The molecule has 4 fully saturated rings. The molecule has 18 heavy (non-hydrogen) atoms. The van der Waals surface area contributed by atoms with Crippen LogP contribution in [0.25, 0.3) is 0 Å². The summed E-state index contributed by atoms with van der Waals surface area (Å²) in [4.78, 5) is 27.8. The van der Waals surface area contributed by atoms with E-state index in [9.17, 15) is 9.59 Å². The Balaban J connectivity index is 1.40. The maximum absolute atomic E-state index is 12.4. The van der Waals surface area contributed by atoms with E-state index < -0.39 is 0 Å². The van der Waals surface area contributed by atoms with Gasteiger partial charge in [-0.1, -0.05) is 0 Å². The average Bonchev–Trinajstić information content (AvgIpc) is 2.83. The molecular weight excluding hydrogens is 230 g/mol. The van der Waals surface area contributed by atoms with Crippen LogP contribution in [0.1, 0.15) is 19.3 Å². The number of fused-ring (bicyclic) bond motifs is 2. The number of carbonyl (C=O) groups excluding carboxylic acids is 2. The molecule has 3 atom stereocenters. The number of hydrogen-bond donors (Lipinski definition) is 1. The average molecular weight is 249 g/mol. The lowest BCUT2D eigenvalue weighted by molar-refractivity contribution is -0.137. The van der Waals surface area contributed by atoms with Crippen molar-refractivity contribution in [3.8, 4) is 0 Å². The third kappa shape index (κ3) is 1.52. The van der Waals surface area contributed by atoms with Crippen LogP contribution in [0.5, 0.6) is 0 Å². The Morgan fingerprint density at radius 1 is 1.17 bits per heavy atom. The van der Waals surface area contributed by atoms with Crippen LogP contribution in [0, 0.1) is 17.8 Å². The first-order valence-electron chi connectivity index (χ1n) is 7.05. The second-order valence-corrected chi connectivity index (χ2v) is 6.24. The number of amides is 3. The van der Waals surface area contributed by atoms with Crippen LogP contribution in [-0.4, -0.2) is 54.0 Å². The highest BCUT2D eigenvalue weighted by Gasteiger charge is 2.49. The van der Waals surface area contributed by atoms with E-state index in [4.69, 9.17) is 0 Å². The Bertz CT molecular complexity index is 401. The molecule has 4 rings (SSSR count). The quantitative estimate of drug-likeness (QED) is 0.725. The van der Waals surface area contributed by atoms with Crippen molar-refractivity contribution < 1.29 is 9.59 Å². The largest absolute Gasteiger partial charge is 0.339 e. The lowest BCUT2D eigenvalue weighted by Crippen LogP contribution is -2.54. The zero-order chi connectivity index (χ0) is 12.3. The van der Waals surface area contributed by atoms with Crippen LogP contribution in [0.3, 0.4) is 0 Å². The van der Waals surface area contributed by atoms with Crippen molar-refractivity contribution in [2.45, 2.75) is 25.3 Å². The molecule has 98 valence electrons. The molecule has 2 aliphatic carbocycles. The molecule has 0 radical (unpaired) electrons. The highest BCUT2D eigenvalue weighted by Crippen LogP contribution is 2.54. The van der Waals surface area contributed by atoms with Crippen molar-refractivity contribution in [2.75, 3.05) is 26.2 Å². The van der Waals surface area contributed by atoms with Gasteiger partial charge in [-0.05, 0) is 31.1 Å². The summed E-state index contributed by atoms with van der Waals surface area (Å²) in [6.45, 7) is 2.83. The number of urea groups is 1. The molecular formula is C13H19N3O2. The fourth-order valence-corrected chi connectivity index (χ4v) is 3.98. The highest BCUT2D eigenvalue weighted by molar-refractivity contribution is 5.81. The van der Waals surface area contributed by atoms with Crippen molar-refractivity contribution in [1.82, 2.24) is 15.1 Å². The van der Waals surface area contributed by atoms with Crippen molar-refractivity contribution in [3.63, 3.8) is 0 Å². The van der Waals surface area contributed by atoms with Gasteiger partial charge in [-0.3, -0.25) is 4.79 Å². The van der Waals surface area contributed by atoms with E-state index in [2.05, 4.69) is 5.32 Å². The predicted molar refractivity (Wildman–Crippen MR) is 64.8 cm³/mol. The van der Waals surface area contributed by atoms with Crippen LogP contribution in [0.4, 0.5) is 4.79 Å². The fraction of sp³-hybridized carbons (Fsp3) is 0.846. The minimum Gasteiger partial charge on any atom is -0.339 e. The first kappa shape index (κ1) is 10.6. The van der Waals surface area contributed by atoms with Gasteiger partial charge >= 0.3 is 6.03 Å². The molecule has 2 saturated heterocycles. The smallest absolute Gasteiger partial charge is 0.317 e. The number of nitrogens with one attached hydrogen (secondary N) is 1. The van der Waals surface area contributed by atoms with Gasteiger partial charge in [-0.15, -0.1) is 0 Å². The zero-order valence-electron chi connectivity index (χ0n) is 10.5. The number of carbonyl (C=O) groups is 2. The van der Waals surface area contributed by atoms with Crippen LogP contribution in [0.15, 0.2) is 0 Å². The number of hydrogen-bond acceptors (Lipinski definition) is 2. The summed E-state index contributed by atoms with van der Waals surface area (Å²) in [6, 6.07) is 0.236. The summed E-state index contributed by atoms with van der Waals surface area (Å²) in [5.41, 5.74) is 0. The van der Waals surface area contributed by atoms with Gasteiger partial charge in [0, 0.05) is 32.1 Å². The molecule has 2 heterocycles. The molecule has 3 unspecified atom stereocenters. The molecule has 4 aliphatic rings. The summed E-state index contributed by atoms with van der Waals surface area (Å²) in [6.07, 6.45) is 3.59. The van der Waals surface area contributed by atoms with Crippen molar-refractivity contribution in [3.05, 3.63) is 0 Å². The Morgan fingerprint density at radius 3 is 2.72 bits per heavy atom. The molecule has 0 bridgehead atoms.